The number of fused-ring (bicyclic) bond motifs is 2. The van der Waals surface area contributed by atoms with Crippen LogP contribution in [0.4, 0.5) is 5.69 Å². The Labute approximate surface area is 337 Å². The molecule has 13 nitrogen and oxygen atoms in total. The normalized spacial score (nSPS) is 25.9. The molecule has 1 amide bonds. The fourth-order valence-corrected chi connectivity index (χ4v) is 10.9. The maximum absolute atomic E-state index is 15.0. The number of nitrogens with zero attached hydrogens (tertiary/aromatic N) is 3. The Bertz CT molecular complexity index is 1870. The van der Waals surface area contributed by atoms with Crippen LogP contribution in [-0.4, -0.2) is 111 Å². The summed E-state index contributed by atoms with van der Waals surface area (Å²) >= 11 is 0. The molecule has 0 unspecified atom stereocenters. The molecule has 0 radical (unpaired) electrons. The molecule has 0 bridgehead atoms. The van der Waals surface area contributed by atoms with E-state index < -0.39 is 27.8 Å². The van der Waals surface area contributed by atoms with E-state index in [-0.39, 0.29) is 61.3 Å². The summed E-state index contributed by atoms with van der Waals surface area (Å²) in [6.45, 7) is 11.3. The van der Waals surface area contributed by atoms with Gasteiger partial charge in [-0.2, -0.15) is 4.31 Å². The summed E-state index contributed by atoms with van der Waals surface area (Å²) in [7, 11) is -2.69. The van der Waals surface area contributed by atoms with E-state index in [0.29, 0.717) is 43.0 Å². The number of unbranched alkanes of at least 4 members (excludes halogenated alkanes) is 2. The Balaban J connectivity index is 1.55. The summed E-state index contributed by atoms with van der Waals surface area (Å²) in [5.74, 6) is -1.05. The Kier molecular flexibility index (Phi) is 14.5. The predicted octanol–water partition coefficient (Wildman–Crippen LogP) is 5.70. The third-order valence-corrected chi connectivity index (χ3v) is 13.6. The highest BCUT2D eigenvalue weighted by molar-refractivity contribution is 7.89. The molecule has 2 aliphatic heterocycles. The zero-order valence-electron chi connectivity index (χ0n) is 33.6. The van der Waals surface area contributed by atoms with Gasteiger partial charge in [-0.1, -0.05) is 37.1 Å². The molecule has 6 rings (SSSR count). The average molecular weight is 809 g/mol. The van der Waals surface area contributed by atoms with Crippen LogP contribution in [0.25, 0.3) is 0 Å². The Morgan fingerprint density at radius 1 is 1.11 bits per heavy atom. The molecule has 2 aromatic carbocycles. The van der Waals surface area contributed by atoms with E-state index >= 15 is 0 Å². The number of anilines is 1. The van der Waals surface area contributed by atoms with Crippen LogP contribution in [0.5, 0.6) is 11.5 Å². The zero-order chi connectivity index (χ0) is 40.6. The largest absolute Gasteiger partial charge is 0.492 e. The lowest BCUT2D eigenvalue weighted by Crippen LogP contribution is -2.70. The van der Waals surface area contributed by atoms with Gasteiger partial charge in [0.1, 0.15) is 25.2 Å². The van der Waals surface area contributed by atoms with Crippen molar-refractivity contribution in [1.82, 2.24) is 9.21 Å². The summed E-state index contributed by atoms with van der Waals surface area (Å²) in [6.07, 6.45) is 9.16. The molecule has 6 atom stereocenters. The van der Waals surface area contributed by atoms with Crippen molar-refractivity contribution in [3.8, 4) is 11.5 Å². The molecular formula is C43H60N4O9S. The highest BCUT2D eigenvalue weighted by Crippen LogP contribution is 2.62. The van der Waals surface area contributed by atoms with Gasteiger partial charge in [0.15, 0.2) is 0 Å². The van der Waals surface area contributed by atoms with Crippen LogP contribution in [0.15, 0.2) is 76.8 Å². The number of rotatable bonds is 22. The van der Waals surface area contributed by atoms with Crippen LogP contribution in [0.2, 0.25) is 0 Å². The van der Waals surface area contributed by atoms with Crippen molar-refractivity contribution in [3.05, 3.63) is 72.3 Å². The fourth-order valence-electron chi connectivity index (χ4n) is 9.12. The molecule has 2 aliphatic carbocycles. The van der Waals surface area contributed by atoms with E-state index in [1.807, 2.05) is 19.1 Å². The fraction of sp³-hybridized carbons (Fsp3) is 0.581. The number of sulfonamides is 1. The van der Waals surface area contributed by atoms with Gasteiger partial charge in [0.05, 0.1) is 29.2 Å². The summed E-state index contributed by atoms with van der Waals surface area (Å²) < 4.78 is 52.0. The number of aliphatic hydroxyl groups excluding tert-OH is 2. The third-order valence-electron chi connectivity index (χ3n) is 11.6. The highest BCUT2D eigenvalue weighted by atomic mass is 32.2. The van der Waals surface area contributed by atoms with Gasteiger partial charge in [-0.25, -0.2) is 8.42 Å². The highest BCUT2D eigenvalue weighted by Gasteiger charge is 2.66. The van der Waals surface area contributed by atoms with Crippen LogP contribution in [-0.2, 0) is 24.4 Å². The van der Waals surface area contributed by atoms with Crippen molar-refractivity contribution in [2.75, 3.05) is 65.0 Å². The molecule has 1 saturated carbocycles. The van der Waals surface area contributed by atoms with Crippen molar-refractivity contribution in [2.45, 2.75) is 87.9 Å². The molecular weight excluding hydrogens is 749 g/mol. The molecule has 3 N–H and O–H groups in total. The lowest BCUT2D eigenvalue weighted by atomic mass is 9.55. The molecule has 0 aromatic heterocycles. The van der Waals surface area contributed by atoms with Crippen LogP contribution in [0.3, 0.4) is 0 Å². The number of nitrogens with one attached hydrogen (secondary N) is 1. The minimum Gasteiger partial charge on any atom is -0.492 e. The monoisotopic (exact) mass is 808 g/mol. The number of carbonyl (C=O) groups excluding carboxylic acids is 1. The first-order chi connectivity index (χ1) is 27.6. The lowest BCUT2D eigenvalue weighted by molar-refractivity contribution is -0.251. The number of hydrogen-bond donors (Lipinski definition) is 3. The topological polar surface area (TPSA) is 159 Å². The number of hydrogen-bond acceptors (Lipinski definition) is 11. The van der Waals surface area contributed by atoms with E-state index in [1.165, 1.54) is 30.5 Å². The smallest absolute Gasteiger partial charge is 0.243 e. The van der Waals surface area contributed by atoms with Gasteiger partial charge in [-0.3, -0.25) is 9.69 Å². The number of amides is 1. The van der Waals surface area contributed by atoms with Crippen molar-refractivity contribution >= 4 is 27.3 Å². The molecule has 57 heavy (non-hydrogen) atoms. The van der Waals surface area contributed by atoms with E-state index in [2.05, 4.69) is 34.1 Å². The van der Waals surface area contributed by atoms with Gasteiger partial charge in [0.2, 0.25) is 21.7 Å². The predicted molar refractivity (Wildman–Crippen MR) is 219 cm³/mol. The minimum absolute atomic E-state index is 0.0475. The second-order valence-corrected chi connectivity index (χ2v) is 17.4. The first-order valence-electron chi connectivity index (χ1n) is 20.5. The number of allylic oxidation sites excluding steroid dienone is 1. The molecule has 1 saturated heterocycles. The van der Waals surface area contributed by atoms with Gasteiger partial charge in [-0.15, -0.1) is 6.58 Å². The van der Waals surface area contributed by atoms with Crippen molar-refractivity contribution in [3.63, 3.8) is 0 Å². The second-order valence-electron chi connectivity index (χ2n) is 15.5. The molecule has 0 spiro atoms. The van der Waals surface area contributed by atoms with Gasteiger partial charge >= 0.3 is 0 Å². The molecule has 14 heteroatoms. The van der Waals surface area contributed by atoms with Gasteiger partial charge in [0, 0.05) is 69.9 Å². The quantitative estimate of drug-likeness (QED) is 0.0583. The van der Waals surface area contributed by atoms with Crippen molar-refractivity contribution in [2.24, 2.45) is 22.9 Å². The summed E-state index contributed by atoms with van der Waals surface area (Å²) in [4.78, 5) is 19.7. The van der Waals surface area contributed by atoms with Crippen molar-refractivity contribution < 1.29 is 42.5 Å². The maximum atomic E-state index is 15.0. The second kappa shape index (κ2) is 19.3. The number of carbonyl (C=O) groups is 1. The van der Waals surface area contributed by atoms with Crippen LogP contribution < -0.4 is 14.8 Å². The van der Waals surface area contributed by atoms with Crippen LogP contribution in [0, 0.1) is 17.8 Å². The van der Waals surface area contributed by atoms with Gasteiger partial charge in [-0.05, 0) is 92.0 Å². The minimum atomic E-state index is -4.19. The summed E-state index contributed by atoms with van der Waals surface area (Å²) in [5.41, 5.74) is 2.99. The number of ether oxygens (including phenoxy) is 3. The standard InChI is InChI=1S/C43H60N4O9S/c1-5-19-47(57(51,52)34-16-13-32(14-17-34)44-30(3)50)40-29-38(45-53-4)36-27-31(11-7-9-23-48)35(12-8-10-24-49)41-37-28-33(54-26-22-46-20-21-46)15-18-39(37)56-43(40,42(36)41)55-25-6-2/h6,13-18,27-28,31,35,40-42,48-49H,2,5,7-12,19-26,29H2,1,3-4H3,(H,44,50)/t31-,35+,40-,41+,42+,43+/m0/s1. The Morgan fingerprint density at radius 3 is 2.49 bits per heavy atom. The average Bonchev–Trinajstić information content (AvgIpc) is 4.03. The number of benzene rings is 2. The van der Waals surface area contributed by atoms with Crippen molar-refractivity contribution in [1.29, 1.82) is 0 Å². The van der Waals surface area contributed by atoms with E-state index in [0.717, 1.165) is 62.2 Å². The summed E-state index contributed by atoms with van der Waals surface area (Å²) in [5, 5.41) is 27.0. The third kappa shape index (κ3) is 9.42. The Morgan fingerprint density at radius 2 is 1.84 bits per heavy atom. The van der Waals surface area contributed by atoms with Crippen LogP contribution in [0.1, 0.15) is 76.7 Å². The zero-order valence-corrected chi connectivity index (χ0v) is 34.4. The summed E-state index contributed by atoms with van der Waals surface area (Å²) in [6, 6.07) is 11.2. The SMILES string of the molecule is C=CCO[C@@]12Oc3ccc(OCCN4CC4)cc3[C@H]3[C@H](CCCCO)[C@@H](CCCCO)C=C(C(=NOC)C[C@@H]1N(CCC)S(=O)(=O)c1ccc(NC(C)=O)cc1)[C@H]32. The maximum Gasteiger partial charge on any atom is 0.243 e. The van der Waals surface area contributed by atoms with E-state index in [9.17, 15) is 23.4 Å². The molecule has 2 aromatic rings. The van der Waals surface area contributed by atoms with Gasteiger partial charge < -0.3 is 34.6 Å². The van der Waals surface area contributed by atoms with E-state index in [1.54, 1.807) is 18.2 Å². The molecule has 2 fully saturated rings. The first-order valence-corrected chi connectivity index (χ1v) is 21.9. The Hall–Kier alpha value is -3.79. The molecule has 312 valence electrons. The number of aliphatic hydroxyl groups is 2. The van der Waals surface area contributed by atoms with Crippen LogP contribution >= 0.6 is 0 Å². The van der Waals surface area contributed by atoms with E-state index in [4.69, 9.17) is 19.0 Å². The first kappa shape index (κ1) is 42.8. The van der Waals surface area contributed by atoms with Gasteiger partial charge in [0.25, 0.3) is 0 Å². The number of oxime groups is 1. The molecule has 2 heterocycles. The molecule has 4 aliphatic rings. The lowest BCUT2D eigenvalue weighted by Gasteiger charge is -2.59.